The van der Waals surface area contributed by atoms with Crippen LogP contribution in [0, 0.1) is 5.41 Å². The number of carbonyl (C=O) groups is 2. The maximum atomic E-state index is 12.2. The number of hydrogen-bond acceptors (Lipinski definition) is 4. The highest BCUT2D eigenvalue weighted by Crippen LogP contribution is 2.31. The molecule has 1 amide bonds. The second-order valence-corrected chi connectivity index (χ2v) is 6.12. The first-order valence-corrected chi connectivity index (χ1v) is 7.82. The van der Waals surface area contributed by atoms with Crippen LogP contribution < -0.4 is 0 Å². The molecule has 0 spiro atoms. The monoisotopic (exact) mass is 341 g/mol. The minimum Gasteiger partial charge on any atom is -0.459 e. The molecule has 1 aromatic carbocycles. The van der Waals surface area contributed by atoms with Gasteiger partial charge in [0.25, 0.3) is 6.43 Å². The lowest BCUT2D eigenvalue weighted by Gasteiger charge is -2.37. The van der Waals surface area contributed by atoms with Crippen LogP contribution in [0.2, 0.25) is 0 Å². The van der Waals surface area contributed by atoms with Gasteiger partial charge in [0.05, 0.1) is 5.41 Å². The molecular formula is C17H21F2NO4. The molecule has 7 heteroatoms. The molecular weight excluding hydrogens is 320 g/mol. The number of carbonyl (C=O) groups excluding carboxylic acids is 2. The maximum Gasteiger partial charge on any atom is 0.410 e. The lowest BCUT2D eigenvalue weighted by Crippen LogP contribution is -2.49. The van der Waals surface area contributed by atoms with Gasteiger partial charge in [0.2, 0.25) is 0 Å². The normalized spacial score (nSPS) is 20.8. The van der Waals surface area contributed by atoms with E-state index in [4.69, 9.17) is 4.74 Å². The van der Waals surface area contributed by atoms with Gasteiger partial charge in [0, 0.05) is 13.1 Å². The summed E-state index contributed by atoms with van der Waals surface area (Å²) in [6.45, 7) is 1.40. The zero-order valence-electron chi connectivity index (χ0n) is 13.5. The number of alkyl halides is 2. The molecule has 1 unspecified atom stereocenters. The van der Waals surface area contributed by atoms with Crippen LogP contribution in [0.15, 0.2) is 30.3 Å². The second-order valence-electron chi connectivity index (χ2n) is 6.12. The van der Waals surface area contributed by atoms with Crippen LogP contribution in [0.4, 0.5) is 13.6 Å². The van der Waals surface area contributed by atoms with E-state index in [1.807, 2.05) is 30.3 Å². The molecule has 1 heterocycles. The van der Waals surface area contributed by atoms with Gasteiger partial charge in [-0.05, 0) is 25.3 Å². The Labute approximate surface area is 139 Å². The minimum absolute atomic E-state index is 0.0999. The van der Waals surface area contributed by atoms with Crippen LogP contribution in [0.3, 0.4) is 0 Å². The SMILES string of the molecule is CC1(C(=O)OCC(F)F)CCCN(C(=O)OCc2ccccc2)C1. The molecule has 1 aliphatic rings. The number of amides is 1. The van der Waals surface area contributed by atoms with Gasteiger partial charge in [-0.1, -0.05) is 30.3 Å². The molecule has 0 saturated carbocycles. The average Bonchev–Trinajstić information content (AvgIpc) is 2.58. The number of rotatable bonds is 5. The van der Waals surface area contributed by atoms with Crippen molar-refractivity contribution < 1.29 is 27.8 Å². The van der Waals surface area contributed by atoms with E-state index in [1.165, 1.54) is 4.90 Å². The van der Waals surface area contributed by atoms with Crippen LogP contribution in [-0.2, 0) is 20.9 Å². The fourth-order valence-corrected chi connectivity index (χ4v) is 2.69. The standard InChI is InChI=1S/C17H21F2NO4/c1-17(15(21)23-11-14(18)19)8-5-9-20(12-17)16(22)24-10-13-6-3-2-4-7-13/h2-4,6-7,14H,5,8-12H2,1H3. The van der Waals surface area contributed by atoms with Gasteiger partial charge >= 0.3 is 12.1 Å². The molecule has 5 nitrogen and oxygen atoms in total. The highest BCUT2D eigenvalue weighted by Gasteiger charge is 2.41. The van der Waals surface area contributed by atoms with Crippen molar-refractivity contribution in [1.29, 1.82) is 0 Å². The number of ether oxygens (including phenoxy) is 2. The average molecular weight is 341 g/mol. The number of benzene rings is 1. The summed E-state index contributed by atoms with van der Waals surface area (Å²) in [6, 6.07) is 9.25. The third-order valence-electron chi connectivity index (χ3n) is 3.99. The van der Waals surface area contributed by atoms with Crippen molar-refractivity contribution in [3.05, 3.63) is 35.9 Å². The largest absolute Gasteiger partial charge is 0.459 e. The number of esters is 1. The Balaban J connectivity index is 1.89. The lowest BCUT2D eigenvalue weighted by molar-refractivity contribution is -0.161. The molecule has 0 radical (unpaired) electrons. The molecule has 0 aliphatic carbocycles. The Bertz CT molecular complexity index is 567. The van der Waals surface area contributed by atoms with Gasteiger partial charge in [-0.3, -0.25) is 4.79 Å². The van der Waals surface area contributed by atoms with E-state index in [1.54, 1.807) is 6.92 Å². The summed E-state index contributed by atoms with van der Waals surface area (Å²) in [7, 11) is 0. The number of likely N-dealkylation sites (tertiary alicyclic amines) is 1. The second kappa shape index (κ2) is 8.08. The van der Waals surface area contributed by atoms with E-state index in [0.717, 1.165) is 5.56 Å². The Hall–Kier alpha value is -2.18. The Morgan fingerprint density at radius 2 is 1.96 bits per heavy atom. The third-order valence-corrected chi connectivity index (χ3v) is 3.99. The summed E-state index contributed by atoms with van der Waals surface area (Å²) < 4.78 is 34.3. The zero-order valence-corrected chi connectivity index (χ0v) is 13.5. The van der Waals surface area contributed by atoms with Gasteiger partial charge in [-0.25, -0.2) is 13.6 Å². The number of nitrogens with zero attached hydrogens (tertiary/aromatic N) is 1. The maximum absolute atomic E-state index is 12.2. The number of piperidine rings is 1. The summed E-state index contributed by atoms with van der Waals surface area (Å²) in [5, 5.41) is 0. The van der Waals surface area contributed by atoms with Crippen molar-refractivity contribution in [2.45, 2.75) is 32.8 Å². The van der Waals surface area contributed by atoms with E-state index < -0.39 is 30.5 Å². The van der Waals surface area contributed by atoms with Crippen molar-refractivity contribution >= 4 is 12.1 Å². The predicted octanol–water partition coefficient (Wildman–Crippen LogP) is 3.23. The molecule has 1 saturated heterocycles. The van der Waals surface area contributed by atoms with Crippen molar-refractivity contribution in [3.63, 3.8) is 0 Å². The molecule has 2 rings (SSSR count). The van der Waals surface area contributed by atoms with Crippen LogP contribution in [0.25, 0.3) is 0 Å². The quantitative estimate of drug-likeness (QED) is 0.772. The molecule has 1 aromatic rings. The van der Waals surface area contributed by atoms with Crippen LogP contribution in [0.1, 0.15) is 25.3 Å². The lowest BCUT2D eigenvalue weighted by atomic mass is 9.82. The number of halogens is 2. The zero-order chi connectivity index (χ0) is 17.6. The van der Waals surface area contributed by atoms with Gasteiger partial charge in [-0.2, -0.15) is 0 Å². The minimum atomic E-state index is -2.70. The van der Waals surface area contributed by atoms with Gasteiger partial charge in [-0.15, -0.1) is 0 Å². The number of hydrogen-bond donors (Lipinski definition) is 0. The Morgan fingerprint density at radius 3 is 2.62 bits per heavy atom. The fraction of sp³-hybridized carbons (Fsp3) is 0.529. The molecule has 0 N–H and O–H groups in total. The molecule has 24 heavy (non-hydrogen) atoms. The van der Waals surface area contributed by atoms with Crippen LogP contribution in [0.5, 0.6) is 0 Å². The molecule has 1 aliphatic heterocycles. The van der Waals surface area contributed by atoms with Gasteiger partial charge < -0.3 is 14.4 Å². The van der Waals surface area contributed by atoms with E-state index in [0.29, 0.717) is 19.4 Å². The molecule has 1 fully saturated rings. The van der Waals surface area contributed by atoms with Crippen LogP contribution in [-0.4, -0.2) is 43.1 Å². The van der Waals surface area contributed by atoms with Crippen LogP contribution >= 0.6 is 0 Å². The van der Waals surface area contributed by atoms with Crippen molar-refractivity contribution in [2.75, 3.05) is 19.7 Å². The van der Waals surface area contributed by atoms with Crippen molar-refractivity contribution in [3.8, 4) is 0 Å². The van der Waals surface area contributed by atoms with E-state index in [9.17, 15) is 18.4 Å². The smallest absolute Gasteiger partial charge is 0.410 e. The third kappa shape index (κ3) is 4.91. The highest BCUT2D eigenvalue weighted by molar-refractivity contribution is 5.78. The first-order valence-electron chi connectivity index (χ1n) is 7.82. The van der Waals surface area contributed by atoms with Gasteiger partial charge in [0.15, 0.2) is 6.61 Å². The van der Waals surface area contributed by atoms with Crippen molar-refractivity contribution in [1.82, 2.24) is 4.90 Å². The van der Waals surface area contributed by atoms with E-state index in [2.05, 4.69) is 4.74 Å². The highest BCUT2D eigenvalue weighted by atomic mass is 19.3. The Kier molecular flexibility index (Phi) is 6.11. The summed E-state index contributed by atoms with van der Waals surface area (Å²) in [6.07, 6.45) is -2.15. The molecule has 132 valence electrons. The summed E-state index contributed by atoms with van der Waals surface area (Å²) in [5.41, 5.74) is -0.124. The van der Waals surface area contributed by atoms with Gasteiger partial charge in [0.1, 0.15) is 6.61 Å². The van der Waals surface area contributed by atoms with Crippen molar-refractivity contribution in [2.24, 2.45) is 5.41 Å². The Morgan fingerprint density at radius 1 is 1.25 bits per heavy atom. The molecule has 0 aromatic heterocycles. The molecule has 0 bridgehead atoms. The predicted molar refractivity (Wildman–Crippen MR) is 82.5 cm³/mol. The molecule has 1 atom stereocenters. The summed E-state index contributed by atoms with van der Waals surface area (Å²) in [5.74, 6) is -0.705. The van der Waals surface area contributed by atoms with E-state index >= 15 is 0 Å². The summed E-state index contributed by atoms with van der Waals surface area (Å²) >= 11 is 0. The summed E-state index contributed by atoms with van der Waals surface area (Å²) in [4.78, 5) is 25.6. The topological polar surface area (TPSA) is 55.8 Å². The first-order chi connectivity index (χ1) is 11.4. The fourth-order valence-electron chi connectivity index (χ4n) is 2.69. The first kappa shape index (κ1) is 18.2. The van der Waals surface area contributed by atoms with E-state index in [-0.39, 0.29) is 13.2 Å².